The molecule has 1 aliphatic heterocycles. The van der Waals surface area contributed by atoms with Crippen LogP contribution in [0.4, 0.5) is 5.69 Å². The van der Waals surface area contributed by atoms with Crippen molar-refractivity contribution in [3.05, 3.63) is 65.2 Å². The standard InChI is InChI=1S/C25H31N5O4.C2H6/c1-29-9-11-30(12-10-29)25(32)18-5-3-17(4-6-18)21(26)16-23(31)24(28)20-8-7-19(15-22(20)27)34-14-13-33-2;1-2/h3-8,15-16,28H,9-14,26-27H2,1-2H3;1-2H3/b21-16-,28-24?;. The number of likely N-dealkylation sites (N-methyl/N-ethyl adjacent to an activating group) is 1. The lowest BCUT2D eigenvalue weighted by atomic mass is 10.0. The van der Waals surface area contributed by atoms with Crippen LogP contribution in [0.3, 0.4) is 0 Å². The number of anilines is 1. The van der Waals surface area contributed by atoms with Gasteiger partial charge in [0.15, 0.2) is 0 Å². The van der Waals surface area contributed by atoms with E-state index in [4.69, 9.17) is 26.4 Å². The molecule has 0 aliphatic carbocycles. The number of allylic oxidation sites excluding steroid dienone is 1. The highest BCUT2D eigenvalue weighted by molar-refractivity contribution is 6.50. The Balaban J connectivity index is 0.00000222. The first-order valence-electron chi connectivity index (χ1n) is 12.0. The Morgan fingerprint density at radius 1 is 1.00 bits per heavy atom. The fourth-order valence-corrected chi connectivity index (χ4v) is 3.53. The Hall–Kier alpha value is -3.69. The summed E-state index contributed by atoms with van der Waals surface area (Å²) in [5.41, 5.74) is 13.8. The molecule has 36 heavy (non-hydrogen) atoms. The fourth-order valence-electron chi connectivity index (χ4n) is 3.53. The van der Waals surface area contributed by atoms with Gasteiger partial charge < -0.3 is 30.7 Å². The summed E-state index contributed by atoms with van der Waals surface area (Å²) >= 11 is 0. The number of nitrogens with one attached hydrogen (secondary N) is 1. The van der Waals surface area contributed by atoms with Crippen molar-refractivity contribution in [2.45, 2.75) is 13.8 Å². The molecule has 5 N–H and O–H groups in total. The second-order valence-electron chi connectivity index (χ2n) is 8.10. The van der Waals surface area contributed by atoms with Crippen molar-refractivity contribution >= 4 is 28.8 Å². The number of piperazine rings is 1. The number of ketones is 1. The maximum atomic E-state index is 12.7. The number of nitrogens with zero attached hydrogens (tertiary/aromatic N) is 2. The highest BCUT2D eigenvalue weighted by atomic mass is 16.5. The molecule has 0 spiro atoms. The highest BCUT2D eigenvalue weighted by Crippen LogP contribution is 2.21. The number of benzene rings is 2. The molecule has 1 aliphatic rings. The van der Waals surface area contributed by atoms with Gasteiger partial charge in [-0.05, 0) is 36.9 Å². The van der Waals surface area contributed by atoms with Gasteiger partial charge in [-0.2, -0.15) is 0 Å². The topological polar surface area (TPSA) is 135 Å². The SMILES string of the molecule is CC.COCCOc1ccc(C(=N)C(=O)/C=C(\N)c2ccc(C(=O)N3CCN(C)CC3)cc2)c(N)c1. The Kier molecular flexibility index (Phi) is 11.1. The van der Waals surface area contributed by atoms with Gasteiger partial charge in [-0.15, -0.1) is 0 Å². The van der Waals surface area contributed by atoms with Crippen molar-refractivity contribution in [3.8, 4) is 5.75 Å². The predicted molar refractivity (Wildman–Crippen MR) is 143 cm³/mol. The summed E-state index contributed by atoms with van der Waals surface area (Å²) in [5, 5.41) is 8.24. The Labute approximate surface area is 213 Å². The number of hydrogen-bond donors (Lipinski definition) is 3. The summed E-state index contributed by atoms with van der Waals surface area (Å²) in [6.07, 6.45) is 1.20. The molecule has 0 unspecified atom stereocenters. The summed E-state index contributed by atoms with van der Waals surface area (Å²) in [6, 6.07) is 11.6. The van der Waals surface area contributed by atoms with Crippen LogP contribution in [-0.4, -0.2) is 80.8 Å². The minimum absolute atomic E-state index is 0.0230. The van der Waals surface area contributed by atoms with Crippen molar-refractivity contribution in [1.82, 2.24) is 9.80 Å². The van der Waals surface area contributed by atoms with Crippen molar-refractivity contribution < 1.29 is 19.1 Å². The molecule has 0 radical (unpaired) electrons. The molecule has 9 heteroatoms. The zero-order chi connectivity index (χ0) is 26.7. The lowest BCUT2D eigenvalue weighted by molar-refractivity contribution is -0.108. The van der Waals surface area contributed by atoms with E-state index in [0.717, 1.165) is 13.1 Å². The van der Waals surface area contributed by atoms with Gasteiger partial charge in [-0.1, -0.05) is 26.0 Å². The van der Waals surface area contributed by atoms with Gasteiger partial charge in [0.05, 0.1) is 6.61 Å². The van der Waals surface area contributed by atoms with Crippen LogP contribution in [0.15, 0.2) is 48.5 Å². The van der Waals surface area contributed by atoms with Gasteiger partial charge in [0.2, 0.25) is 5.78 Å². The number of carbonyl (C=O) groups excluding carboxylic acids is 2. The largest absolute Gasteiger partial charge is 0.491 e. The molecular weight excluding hydrogens is 458 g/mol. The molecule has 0 saturated carbocycles. The second-order valence-corrected chi connectivity index (χ2v) is 8.10. The first-order valence-corrected chi connectivity index (χ1v) is 12.0. The Morgan fingerprint density at radius 3 is 2.19 bits per heavy atom. The summed E-state index contributed by atoms with van der Waals surface area (Å²) < 4.78 is 10.4. The molecule has 3 rings (SSSR count). The maximum Gasteiger partial charge on any atom is 0.253 e. The molecule has 1 heterocycles. The molecule has 194 valence electrons. The van der Waals surface area contributed by atoms with E-state index < -0.39 is 5.78 Å². The van der Waals surface area contributed by atoms with E-state index in [9.17, 15) is 9.59 Å². The fraction of sp³-hybridized carbons (Fsp3) is 0.370. The number of methoxy groups -OCH3 is 1. The predicted octanol–water partition coefficient (Wildman–Crippen LogP) is 2.64. The van der Waals surface area contributed by atoms with E-state index in [2.05, 4.69) is 4.90 Å². The molecule has 0 atom stereocenters. The monoisotopic (exact) mass is 495 g/mol. The quantitative estimate of drug-likeness (QED) is 0.211. The van der Waals surface area contributed by atoms with E-state index in [0.29, 0.717) is 48.7 Å². The van der Waals surface area contributed by atoms with Crippen LogP contribution >= 0.6 is 0 Å². The van der Waals surface area contributed by atoms with Crippen molar-refractivity contribution in [1.29, 1.82) is 5.41 Å². The molecule has 0 aromatic heterocycles. The smallest absolute Gasteiger partial charge is 0.253 e. The summed E-state index contributed by atoms with van der Waals surface area (Å²) in [4.78, 5) is 29.3. The second kappa shape index (κ2) is 14.0. The van der Waals surface area contributed by atoms with Crippen LogP contribution < -0.4 is 16.2 Å². The van der Waals surface area contributed by atoms with Gasteiger partial charge in [0.1, 0.15) is 18.1 Å². The molecule has 2 aromatic carbocycles. The third-order valence-electron chi connectivity index (χ3n) is 5.64. The minimum atomic E-state index is -0.574. The molecule has 1 amide bonds. The van der Waals surface area contributed by atoms with Crippen molar-refractivity contribution in [2.24, 2.45) is 5.73 Å². The average Bonchev–Trinajstić information content (AvgIpc) is 2.90. The number of nitrogens with two attached hydrogens (primary N) is 2. The van der Waals surface area contributed by atoms with E-state index in [-0.39, 0.29) is 23.0 Å². The van der Waals surface area contributed by atoms with Gasteiger partial charge in [-0.25, -0.2) is 0 Å². The van der Waals surface area contributed by atoms with Gasteiger partial charge in [-0.3, -0.25) is 15.0 Å². The van der Waals surface area contributed by atoms with E-state index in [1.807, 2.05) is 25.8 Å². The normalized spacial score (nSPS) is 14.0. The maximum absolute atomic E-state index is 12.7. The number of nitrogen functional groups attached to an aromatic ring is 1. The number of amides is 1. The Morgan fingerprint density at radius 2 is 1.61 bits per heavy atom. The number of carbonyl (C=O) groups is 2. The van der Waals surface area contributed by atoms with Gasteiger partial charge in [0, 0.05) is 67.9 Å². The number of ether oxygens (including phenoxy) is 2. The van der Waals surface area contributed by atoms with Gasteiger partial charge >= 0.3 is 0 Å². The molecular formula is C27H37N5O4. The first kappa shape index (κ1) is 28.5. The number of hydrogen-bond acceptors (Lipinski definition) is 8. The minimum Gasteiger partial charge on any atom is -0.491 e. The third-order valence-corrected chi connectivity index (χ3v) is 5.64. The first-order chi connectivity index (χ1) is 17.3. The molecule has 2 aromatic rings. The highest BCUT2D eigenvalue weighted by Gasteiger charge is 2.20. The molecule has 1 saturated heterocycles. The van der Waals surface area contributed by atoms with E-state index >= 15 is 0 Å². The number of rotatable bonds is 9. The van der Waals surface area contributed by atoms with Crippen molar-refractivity contribution in [3.63, 3.8) is 0 Å². The molecule has 9 nitrogen and oxygen atoms in total. The zero-order valence-electron chi connectivity index (χ0n) is 21.5. The summed E-state index contributed by atoms with van der Waals surface area (Å²) in [5.74, 6) is -0.0696. The van der Waals surface area contributed by atoms with E-state index in [1.54, 1.807) is 49.6 Å². The van der Waals surface area contributed by atoms with Crippen LogP contribution in [0, 0.1) is 5.41 Å². The lowest BCUT2D eigenvalue weighted by Gasteiger charge is -2.32. The van der Waals surface area contributed by atoms with Crippen LogP contribution in [-0.2, 0) is 9.53 Å². The lowest BCUT2D eigenvalue weighted by Crippen LogP contribution is -2.47. The van der Waals surface area contributed by atoms with E-state index in [1.165, 1.54) is 6.08 Å². The van der Waals surface area contributed by atoms with Crippen LogP contribution in [0.5, 0.6) is 5.75 Å². The van der Waals surface area contributed by atoms with Crippen LogP contribution in [0.1, 0.15) is 35.3 Å². The van der Waals surface area contributed by atoms with Crippen LogP contribution in [0.2, 0.25) is 0 Å². The van der Waals surface area contributed by atoms with Crippen LogP contribution in [0.25, 0.3) is 5.70 Å². The average molecular weight is 496 g/mol. The third kappa shape index (κ3) is 7.66. The summed E-state index contributed by atoms with van der Waals surface area (Å²) in [7, 11) is 3.62. The molecule has 0 bridgehead atoms. The van der Waals surface area contributed by atoms with Crippen molar-refractivity contribution in [2.75, 3.05) is 59.3 Å². The summed E-state index contributed by atoms with van der Waals surface area (Å²) in [6.45, 7) is 7.89. The molecule has 1 fully saturated rings. The van der Waals surface area contributed by atoms with Gasteiger partial charge in [0.25, 0.3) is 5.91 Å². The zero-order valence-corrected chi connectivity index (χ0v) is 21.5. The Bertz CT molecular complexity index is 1070.